The van der Waals surface area contributed by atoms with Crippen LogP contribution < -0.4 is 5.32 Å². The number of rotatable bonds is 2. The molecule has 3 N–H and O–H groups in total. The summed E-state index contributed by atoms with van der Waals surface area (Å²) in [7, 11) is 1.76. The van der Waals surface area contributed by atoms with Crippen molar-refractivity contribution in [1.82, 2.24) is 19.5 Å². The lowest BCUT2D eigenvalue weighted by Crippen LogP contribution is -2.30. The molecule has 3 heterocycles. The molecule has 1 fully saturated rings. The Hall–Kier alpha value is -1.77. The molecule has 1 unspecified atom stereocenters. The maximum atomic E-state index is 10.1. The second-order valence-electron chi connectivity index (χ2n) is 4.91. The molecule has 4 atom stereocenters. The molecule has 108 valence electrons. The lowest BCUT2D eigenvalue weighted by molar-refractivity contribution is -0.0299. The van der Waals surface area contributed by atoms with Crippen molar-refractivity contribution < 1.29 is 14.9 Å². The van der Waals surface area contributed by atoms with Gasteiger partial charge in [-0.1, -0.05) is 0 Å². The number of ether oxygens (including phenoxy) is 1. The highest BCUT2D eigenvalue weighted by Crippen LogP contribution is 2.32. The number of hydrogen-bond acceptors (Lipinski definition) is 7. The van der Waals surface area contributed by atoms with Gasteiger partial charge in [0.25, 0.3) is 0 Å². The van der Waals surface area contributed by atoms with Gasteiger partial charge in [-0.3, -0.25) is 4.57 Å². The first kappa shape index (κ1) is 13.2. The molecular formula is C12H17N5O3. The summed E-state index contributed by atoms with van der Waals surface area (Å²) in [6, 6.07) is 0. The number of aliphatic hydroxyl groups is 2. The number of nitrogens with one attached hydrogen (secondary N) is 1. The lowest BCUT2D eigenvalue weighted by Gasteiger charge is -2.16. The minimum Gasteiger partial charge on any atom is -0.388 e. The lowest BCUT2D eigenvalue weighted by atomic mass is 10.1. The number of hydrogen-bond donors (Lipinski definition) is 3. The van der Waals surface area contributed by atoms with Crippen LogP contribution in [-0.4, -0.2) is 55.1 Å². The minimum atomic E-state index is -1.02. The normalized spacial score (nSPS) is 30.1. The zero-order valence-electron chi connectivity index (χ0n) is 11.5. The number of fused-ring (bicyclic) bond motifs is 1. The van der Waals surface area contributed by atoms with Crippen molar-refractivity contribution in [3.63, 3.8) is 0 Å². The Morgan fingerprint density at radius 1 is 1.30 bits per heavy atom. The highest BCUT2D eigenvalue weighted by Gasteiger charge is 2.42. The summed E-state index contributed by atoms with van der Waals surface area (Å²) in [5.74, 6) is 1.21. The monoisotopic (exact) mass is 279 g/mol. The van der Waals surface area contributed by atoms with Crippen LogP contribution in [0.15, 0.2) is 6.33 Å². The first-order valence-corrected chi connectivity index (χ1v) is 6.43. The molecule has 20 heavy (non-hydrogen) atoms. The molecule has 0 amide bonds. The molecule has 2 aromatic rings. The van der Waals surface area contributed by atoms with E-state index in [1.807, 2.05) is 0 Å². The minimum absolute atomic E-state index is 0.445. The summed E-state index contributed by atoms with van der Waals surface area (Å²) >= 11 is 0. The van der Waals surface area contributed by atoms with Gasteiger partial charge in [0.1, 0.15) is 18.0 Å². The highest BCUT2D eigenvalue weighted by molar-refractivity contribution is 5.82. The zero-order valence-corrected chi connectivity index (χ0v) is 11.5. The van der Waals surface area contributed by atoms with Crippen LogP contribution in [-0.2, 0) is 4.74 Å². The van der Waals surface area contributed by atoms with Crippen LogP contribution >= 0.6 is 0 Å². The van der Waals surface area contributed by atoms with E-state index in [0.717, 1.165) is 0 Å². The van der Waals surface area contributed by atoms with E-state index in [-0.39, 0.29) is 0 Å². The Morgan fingerprint density at radius 3 is 2.65 bits per heavy atom. The molecule has 0 aliphatic carbocycles. The topological polar surface area (TPSA) is 105 Å². The summed E-state index contributed by atoms with van der Waals surface area (Å²) < 4.78 is 7.22. The summed E-state index contributed by atoms with van der Waals surface area (Å²) in [6.45, 7) is 3.49. The molecule has 3 rings (SSSR count). The largest absolute Gasteiger partial charge is 0.388 e. The Kier molecular flexibility index (Phi) is 3.08. The fraction of sp³-hybridized carbons (Fsp3) is 0.583. The van der Waals surface area contributed by atoms with Crippen LogP contribution in [0.3, 0.4) is 0 Å². The van der Waals surface area contributed by atoms with Crippen molar-refractivity contribution in [1.29, 1.82) is 0 Å². The van der Waals surface area contributed by atoms with Crippen molar-refractivity contribution >= 4 is 17.0 Å². The predicted molar refractivity (Wildman–Crippen MR) is 71.2 cm³/mol. The number of aliphatic hydroxyl groups excluding tert-OH is 2. The van der Waals surface area contributed by atoms with Crippen molar-refractivity contribution in [2.45, 2.75) is 38.4 Å². The molecule has 0 bridgehead atoms. The van der Waals surface area contributed by atoms with Gasteiger partial charge in [0.05, 0.1) is 12.4 Å². The second kappa shape index (κ2) is 4.65. The van der Waals surface area contributed by atoms with Gasteiger partial charge in [-0.05, 0) is 13.8 Å². The van der Waals surface area contributed by atoms with Crippen molar-refractivity contribution in [3.8, 4) is 0 Å². The predicted octanol–water partition coefficient (Wildman–Crippen LogP) is -0.184. The molecule has 0 aromatic carbocycles. The molecule has 1 aliphatic heterocycles. The quantitative estimate of drug-likeness (QED) is 0.700. The summed E-state index contributed by atoms with van der Waals surface area (Å²) in [5, 5.41) is 22.8. The van der Waals surface area contributed by atoms with Crippen LogP contribution in [0.25, 0.3) is 11.2 Å². The summed E-state index contributed by atoms with van der Waals surface area (Å²) in [6.07, 6.45) is -1.55. The molecule has 0 radical (unpaired) electrons. The van der Waals surface area contributed by atoms with E-state index >= 15 is 0 Å². The molecule has 8 heteroatoms. The van der Waals surface area contributed by atoms with Crippen LogP contribution in [0.1, 0.15) is 19.0 Å². The molecule has 1 aliphatic rings. The van der Waals surface area contributed by atoms with E-state index < -0.39 is 24.5 Å². The van der Waals surface area contributed by atoms with Gasteiger partial charge in [0.15, 0.2) is 23.2 Å². The smallest absolute Gasteiger partial charge is 0.167 e. The number of imidazole rings is 1. The maximum Gasteiger partial charge on any atom is 0.167 e. The van der Waals surface area contributed by atoms with Gasteiger partial charge < -0.3 is 20.3 Å². The van der Waals surface area contributed by atoms with Crippen LogP contribution in [0.2, 0.25) is 0 Å². The van der Waals surface area contributed by atoms with Crippen molar-refractivity contribution in [2.75, 3.05) is 12.4 Å². The zero-order chi connectivity index (χ0) is 14.4. The van der Waals surface area contributed by atoms with Gasteiger partial charge in [0, 0.05) is 7.05 Å². The van der Waals surface area contributed by atoms with Crippen molar-refractivity contribution in [2.24, 2.45) is 0 Å². The van der Waals surface area contributed by atoms with E-state index in [1.54, 1.807) is 25.5 Å². The number of anilines is 1. The van der Waals surface area contributed by atoms with Gasteiger partial charge in [-0.25, -0.2) is 15.0 Å². The Bertz CT molecular complexity index is 643. The molecule has 1 saturated heterocycles. The average molecular weight is 279 g/mol. The van der Waals surface area contributed by atoms with E-state index in [0.29, 0.717) is 22.8 Å². The van der Waals surface area contributed by atoms with Crippen molar-refractivity contribution in [3.05, 3.63) is 12.2 Å². The van der Waals surface area contributed by atoms with Gasteiger partial charge in [0.2, 0.25) is 0 Å². The van der Waals surface area contributed by atoms with E-state index in [9.17, 15) is 10.2 Å². The standard InChI is InChI=1S/C12H17N5O3/c1-5-8(18)9(19)12(20-5)17-4-14-7-10(13-3)15-6(2)16-11(7)17/h4-5,8-9,12,18-19H,1-3H3,(H,13,15,16)/t5-,8-,9-,12?/m1/s1. The third kappa shape index (κ3) is 1.84. The van der Waals surface area contributed by atoms with Gasteiger partial charge >= 0.3 is 0 Å². The van der Waals surface area contributed by atoms with E-state index in [4.69, 9.17) is 4.74 Å². The number of aromatic nitrogens is 4. The average Bonchev–Trinajstić information content (AvgIpc) is 2.94. The third-order valence-electron chi connectivity index (χ3n) is 3.52. The first-order valence-electron chi connectivity index (χ1n) is 6.43. The first-order chi connectivity index (χ1) is 9.52. The van der Waals surface area contributed by atoms with E-state index in [2.05, 4.69) is 20.3 Å². The fourth-order valence-electron chi connectivity index (χ4n) is 2.44. The fourth-order valence-corrected chi connectivity index (χ4v) is 2.44. The molecule has 0 spiro atoms. The van der Waals surface area contributed by atoms with Crippen LogP contribution in [0.5, 0.6) is 0 Å². The van der Waals surface area contributed by atoms with Crippen LogP contribution in [0, 0.1) is 6.92 Å². The summed E-state index contributed by atoms with van der Waals surface area (Å²) in [5.41, 5.74) is 1.16. The highest BCUT2D eigenvalue weighted by atomic mass is 16.6. The van der Waals surface area contributed by atoms with E-state index in [1.165, 1.54) is 6.33 Å². The summed E-state index contributed by atoms with van der Waals surface area (Å²) in [4.78, 5) is 12.9. The Balaban J connectivity index is 2.11. The number of nitrogens with zero attached hydrogens (tertiary/aromatic N) is 4. The Morgan fingerprint density at radius 2 is 2.05 bits per heavy atom. The molecule has 0 saturated carbocycles. The number of aryl methyl sites for hydroxylation is 1. The molecular weight excluding hydrogens is 262 g/mol. The third-order valence-corrected chi connectivity index (χ3v) is 3.52. The van der Waals surface area contributed by atoms with Crippen LogP contribution in [0.4, 0.5) is 5.82 Å². The Labute approximate surface area is 115 Å². The second-order valence-corrected chi connectivity index (χ2v) is 4.91. The van der Waals surface area contributed by atoms with Gasteiger partial charge in [-0.15, -0.1) is 0 Å². The molecule has 8 nitrogen and oxygen atoms in total. The maximum absolute atomic E-state index is 10.1. The SMILES string of the molecule is CNc1nc(C)nc2c1ncn2C1O[C@H](C)[C@@H](O)[C@H]1O. The molecule has 2 aromatic heterocycles. The van der Waals surface area contributed by atoms with Gasteiger partial charge in [-0.2, -0.15) is 0 Å².